The van der Waals surface area contributed by atoms with Gasteiger partial charge in [-0.1, -0.05) is 0 Å². The van der Waals surface area contributed by atoms with Crippen LogP contribution in [0.1, 0.15) is 59.3 Å². The predicted octanol–water partition coefficient (Wildman–Crippen LogP) is 3.36. The molecule has 0 aromatic carbocycles. The van der Waals surface area contributed by atoms with Gasteiger partial charge in [0.15, 0.2) is 0 Å². The van der Waals surface area contributed by atoms with E-state index in [-0.39, 0.29) is 5.54 Å². The van der Waals surface area contributed by atoms with Crippen molar-refractivity contribution >= 4 is 0 Å². The van der Waals surface area contributed by atoms with Crippen LogP contribution in [-0.2, 0) is 4.74 Å². The van der Waals surface area contributed by atoms with Crippen molar-refractivity contribution in [3.63, 3.8) is 0 Å². The molecule has 0 aromatic heterocycles. The van der Waals surface area contributed by atoms with Crippen molar-refractivity contribution in [3.8, 4) is 0 Å². The molecule has 104 valence electrons. The molecule has 3 rings (SSSR count). The Hall–Kier alpha value is -0.0800. The van der Waals surface area contributed by atoms with Gasteiger partial charge < -0.3 is 10.1 Å². The van der Waals surface area contributed by atoms with E-state index in [2.05, 4.69) is 26.1 Å². The molecular weight excluding hydrogens is 222 g/mol. The second kappa shape index (κ2) is 4.49. The van der Waals surface area contributed by atoms with Crippen LogP contribution in [0.2, 0.25) is 0 Å². The first-order chi connectivity index (χ1) is 8.46. The molecule has 0 amide bonds. The molecule has 0 aromatic rings. The van der Waals surface area contributed by atoms with Crippen molar-refractivity contribution in [1.29, 1.82) is 0 Å². The van der Waals surface area contributed by atoms with Crippen LogP contribution in [0.15, 0.2) is 0 Å². The molecule has 0 spiro atoms. The summed E-state index contributed by atoms with van der Waals surface area (Å²) in [5, 5.41) is 3.76. The maximum atomic E-state index is 5.89. The highest BCUT2D eigenvalue weighted by atomic mass is 16.5. The van der Waals surface area contributed by atoms with Gasteiger partial charge in [-0.2, -0.15) is 0 Å². The van der Waals surface area contributed by atoms with Crippen LogP contribution in [0, 0.1) is 17.3 Å². The van der Waals surface area contributed by atoms with Crippen molar-refractivity contribution in [2.75, 3.05) is 13.2 Å². The average molecular weight is 251 g/mol. The summed E-state index contributed by atoms with van der Waals surface area (Å²) < 4.78 is 5.89. The van der Waals surface area contributed by atoms with Crippen molar-refractivity contribution in [2.24, 2.45) is 17.3 Å². The Morgan fingerprint density at radius 1 is 1.22 bits per heavy atom. The van der Waals surface area contributed by atoms with Crippen molar-refractivity contribution < 1.29 is 4.74 Å². The first-order valence-corrected chi connectivity index (χ1v) is 7.82. The Labute approximate surface area is 112 Å². The summed E-state index contributed by atoms with van der Waals surface area (Å²) in [6.45, 7) is 9.04. The third-order valence-corrected chi connectivity index (χ3v) is 5.14. The lowest BCUT2D eigenvalue weighted by Gasteiger charge is -2.36. The fourth-order valence-corrected chi connectivity index (χ4v) is 4.13. The third kappa shape index (κ3) is 2.91. The van der Waals surface area contributed by atoms with Gasteiger partial charge >= 0.3 is 0 Å². The first-order valence-electron chi connectivity index (χ1n) is 7.82. The van der Waals surface area contributed by atoms with Crippen LogP contribution in [0.5, 0.6) is 0 Å². The topological polar surface area (TPSA) is 21.3 Å². The highest BCUT2D eigenvalue weighted by Crippen LogP contribution is 2.61. The summed E-state index contributed by atoms with van der Waals surface area (Å²) >= 11 is 0. The van der Waals surface area contributed by atoms with Crippen LogP contribution in [0.3, 0.4) is 0 Å². The van der Waals surface area contributed by atoms with E-state index >= 15 is 0 Å². The molecule has 3 fully saturated rings. The smallest absolute Gasteiger partial charge is 0.0581 e. The van der Waals surface area contributed by atoms with E-state index in [0.29, 0.717) is 11.5 Å². The minimum atomic E-state index is 0.246. The Kier molecular flexibility index (Phi) is 3.22. The number of rotatable bonds is 4. The number of nitrogens with one attached hydrogen (secondary N) is 1. The van der Waals surface area contributed by atoms with E-state index < -0.39 is 0 Å². The number of hydrogen-bond donors (Lipinski definition) is 1. The van der Waals surface area contributed by atoms with Gasteiger partial charge in [-0.3, -0.25) is 0 Å². The molecule has 3 unspecified atom stereocenters. The molecule has 0 radical (unpaired) electrons. The monoisotopic (exact) mass is 251 g/mol. The van der Waals surface area contributed by atoms with Gasteiger partial charge in [-0.05, 0) is 76.5 Å². The lowest BCUT2D eigenvalue weighted by molar-refractivity contribution is 0.0545. The van der Waals surface area contributed by atoms with Crippen LogP contribution in [0.25, 0.3) is 0 Å². The van der Waals surface area contributed by atoms with E-state index in [0.717, 1.165) is 18.4 Å². The fraction of sp³-hybridized carbons (Fsp3) is 1.00. The standard InChI is InChI=1S/C16H29NO/c1-15(2,3)17-11-16(8-12-7-13(12)9-16)10-14-5-4-6-18-14/h12-14,17H,4-11H2,1-3H3. The Morgan fingerprint density at radius 3 is 2.50 bits per heavy atom. The second-order valence-electron chi connectivity index (χ2n) is 8.11. The zero-order valence-corrected chi connectivity index (χ0v) is 12.3. The van der Waals surface area contributed by atoms with Crippen LogP contribution >= 0.6 is 0 Å². The van der Waals surface area contributed by atoms with Gasteiger partial charge in [-0.15, -0.1) is 0 Å². The Balaban J connectivity index is 1.60. The highest BCUT2D eigenvalue weighted by Gasteiger charge is 2.54. The van der Waals surface area contributed by atoms with Crippen LogP contribution in [0.4, 0.5) is 0 Å². The van der Waals surface area contributed by atoms with Gasteiger partial charge in [0.25, 0.3) is 0 Å². The van der Waals surface area contributed by atoms with Crippen molar-refractivity contribution in [3.05, 3.63) is 0 Å². The lowest BCUT2D eigenvalue weighted by atomic mass is 9.77. The van der Waals surface area contributed by atoms with Crippen molar-refractivity contribution in [1.82, 2.24) is 5.32 Å². The third-order valence-electron chi connectivity index (χ3n) is 5.14. The van der Waals surface area contributed by atoms with Gasteiger partial charge in [0.2, 0.25) is 0 Å². The highest BCUT2D eigenvalue weighted by molar-refractivity contribution is 5.05. The van der Waals surface area contributed by atoms with Crippen molar-refractivity contribution in [2.45, 2.75) is 70.9 Å². The van der Waals surface area contributed by atoms with Gasteiger partial charge in [-0.25, -0.2) is 0 Å². The van der Waals surface area contributed by atoms with E-state index in [4.69, 9.17) is 4.74 Å². The van der Waals surface area contributed by atoms with Crippen LogP contribution in [-0.4, -0.2) is 24.8 Å². The molecule has 3 aliphatic rings. The summed E-state index contributed by atoms with van der Waals surface area (Å²) in [4.78, 5) is 0. The van der Waals surface area contributed by atoms with E-state index in [1.807, 2.05) is 0 Å². The summed E-state index contributed by atoms with van der Waals surface area (Å²) in [5.74, 6) is 2.13. The Bertz CT molecular complexity index is 291. The molecule has 1 aliphatic heterocycles. The molecule has 18 heavy (non-hydrogen) atoms. The summed E-state index contributed by atoms with van der Waals surface area (Å²) in [6.07, 6.45) is 8.88. The molecule has 2 aliphatic carbocycles. The molecule has 1 N–H and O–H groups in total. The average Bonchev–Trinajstić information content (AvgIpc) is 2.73. The molecular formula is C16H29NO. The minimum Gasteiger partial charge on any atom is -0.378 e. The summed E-state index contributed by atoms with van der Waals surface area (Å²) in [7, 11) is 0. The molecule has 2 saturated carbocycles. The molecule has 1 saturated heterocycles. The van der Waals surface area contributed by atoms with Gasteiger partial charge in [0.05, 0.1) is 6.10 Å². The van der Waals surface area contributed by atoms with E-state index in [1.165, 1.54) is 45.1 Å². The number of fused-ring (bicyclic) bond motifs is 1. The molecule has 1 heterocycles. The zero-order valence-electron chi connectivity index (χ0n) is 12.3. The summed E-state index contributed by atoms with van der Waals surface area (Å²) in [5.41, 5.74) is 0.798. The van der Waals surface area contributed by atoms with Gasteiger partial charge in [0.1, 0.15) is 0 Å². The molecule has 2 heteroatoms. The summed E-state index contributed by atoms with van der Waals surface area (Å²) in [6, 6.07) is 0. The lowest BCUT2D eigenvalue weighted by Crippen LogP contribution is -2.44. The predicted molar refractivity (Wildman–Crippen MR) is 74.6 cm³/mol. The van der Waals surface area contributed by atoms with E-state index in [9.17, 15) is 0 Å². The first kappa shape index (κ1) is 12.9. The minimum absolute atomic E-state index is 0.246. The van der Waals surface area contributed by atoms with E-state index in [1.54, 1.807) is 0 Å². The quantitative estimate of drug-likeness (QED) is 0.827. The molecule has 0 bridgehead atoms. The second-order valence-corrected chi connectivity index (χ2v) is 8.11. The molecule has 2 nitrogen and oxygen atoms in total. The Morgan fingerprint density at radius 2 is 1.94 bits per heavy atom. The van der Waals surface area contributed by atoms with Gasteiger partial charge in [0, 0.05) is 18.7 Å². The largest absolute Gasteiger partial charge is 0.378 e. The zero-order chi connectivity index (χ0) is 12.8. The number of ether oxygens (including phenoxy) is 1. The maximum Gasteiger partial charge on any atom is 0.0581 e. The maximum absolute atomic E-state index is 5.89. The normalized spacial score (nSPS) is 43.2. The van der Waals surface area contributed by atoms with Crippen LogP contribution < -0.4 is 5.32 Å². The fourth-order valence-electron chi connectivity index (χ4n) is 4.13. The number of hydrogen-bond acceptors (Lipinski definition) is 2. The molecule has 3 atom stereocenters. The SMILES string of the molecule is CC(C)(C)NCC1(CC2CCCO2)CC2CC2C1.